The number of rotatable bonds is 6. The summed E-state index contributed by atoms with van der Waals surface area (Å²) in [5.74, 6) is -0.0681. The van der Waals surface area contributed by atoms with Gasteiger partial charge < -0.3 is 19.5 Å². The Morgan fingerprint density at radius 1 is 1.17 bits per heavy atom. The van der Waals surface area contributed by atoms with Crippen LogP contribution in [-0.4, -0.2) is 32.2 Å². The van der Waals surface area contributed by atoms with E-state index in [0.29, 0.717) is 26.4 Å². The summed E-state index contributed by atoms with van der Waals surface area (Å²) in [6.07, 6.45) is -0.991. The molecule has 1 atom stereocenters. The van der Waals surface area contributed by atoms with Gasteiger partial charge in [-0.1, -0.05) is 11.6 Å². The zero-order chi connectivity index (χ0) is 17.7. The van der Waals surface area contributed by atoms with Crippen LogP contribution in [0, 0.1) is 0 Å². The Morgan fingerprint density at radius 2 is 1.92 bits per heavy atom. The largest absolute Gasteiger partial charge is 0.497 e. The molecule has 128 valence electrons. The maximum atomic E-state index is 12.2. The third-order valence-electron chi connectivity index (χ3n) is 3.09. The van der Waals surface area contributed by atoms with Gasteiger partial charge in [0.05, 0.1) is 24.2 Å². The third-order valence-corrected chi connectivity index (χ3v) is 4.30. The number of halogens is 1. The van der Waals surface area contributed by atoms with Gasteiger partial charge >= 0.3 is 5.97 Å². The van der Waals surface area contributed by atoms with Gasteiger partial charge in [-0.05, 0) is 31.2 Å². The molecule has 0 saturated carbocycles. The lowest BCUT2D eigenvalue weighted by Gasteiger charge is -2.15. The predicted molar refractivity (Wildman–Crippen MR) is 92.4 cm³/mol. The van der Waals surface area contributed by atoms with E-state index in [0.717, 1.165) is 11.3 Å². The van der Waals surface area contributed by atoms with Crippen molar-refractivity contribution in [2.75, 3.05) is 19.5 Å². The Bertz CT molecular complexity index is 746. The molecule has 0 unspecified atom stereocenters. The maximum absolute atomic E-state index is 12.2. The van der Waals surface area contributed by atoms with E-state index < -0.39 is 18.0 Å². The highest BCUT2D eigenvalue weighted by atomic mass is 35.5. The predicted octanol–water partition coefficient (Wildman–Crippen LogP) is 3.60. The number of benzene rings is 1. The quantitative estimate of drug-likeness (QED) is 0.787. The first kappa shape index (κ1) is 18.1. The van der Waals surface area contributed by atoms with E-state index in [1.807, 2.05) is 0 Å². The van der Waals surface area contributed by atoms with Crippen LogP contribution in [0.4, 0.5) is 5.69 Å². The molecule has 24 heavy (non-hydrogen) atoms. The van der Waals surface area contributed by atoms with Gasteiger partial charge in [0.15, 0.2) is 6.10 Å². The molecule has 2 aromatic rings. The molecule has 0 spiro atoms. The molecule has 1 heterocycles. The van der Waals surface area contributed by atoms with Crippen molar-refractivity contribution in [2.24, 2.45) is 0 Å². The summed E-state index contributed by atoms with van der Waals surface area (Å²) >= 11 is 6.87. The first-order valence-corrected chi connectivity index (χ1v) is 8.13. The summed E-state index contributed by atoms with van der Waals surface area (Å²) in [6.45, 7) is 1.48. The van der Waals surface area contributed by atoms with Crippen LogP contribution in [0.1, 0.15) is 16.6 Å². The lowest BCUT2D eigenvalue weighted by atomic mass is 10.2. The molecule has 1 aromatic heterocycles. The van der Waals surface area contributed by atoms with Gasteiger partial charge in [0, 0.05) is 6.07 Å². The Kier molecular flexibility index (Phi) is 6.05. The van der Waals surface area contributed by atoms with Crippen LogP contribution < -0.4 is 14.8 Å². The topological polar surface area (TPSA) is 73.9 Å². The van der Waals surface area contributed by atoms with Crippen molar-refractivity contribution in [1.82, 2.24) is 0 Å². The molecular weight excluding hydrogens is 354 g/mol. The molecule has 8 heteroatoms. The molecule has 0 radical (unpaired) electrons. The van der Waals surface area contributed by atoms with Gasteiger partial charge in [0.25, 0.3) is 5.91 Å². The number of anilines is 1. The summed E-state index contributed by atoms with van der Waals surface area (Å²) in [5, 5.41) is 2.65. The van der Waals surface area contributed by atoms with E-state index in [2.05, 4.69) is 5.32 Å². The zero-order valence-corrected chi connectivity index (χ0v) is 14.9. The van der Waals surface area contributed by atoms with Gasteiger partial charge in [0.1, 0.15) is 16.4 Å². The molecule has 0 saturated heterocycles. The van der Waals surface area contributed by atoms with Gasteiger partial charge in [-0.3, -0.25) is 4.79 Å². The Hall–Kier alpha value is -2.25. The van der Waals surface area contributed by atoms with Crippen LogP contribution in [0.5, 0.6) is 11.5 Å². The molecule has 1 aromatic carbocycles. The Labute approximate surface area is 148 Å². The second-order valence-electron chi connectivity index (χ2n) is 4.71. The van der Waals surface area contributed by atoms with Gasteiger partial charge in [-0.25, -0.2) is 4.79 Å². The average Bonchev–Trinajstić information content (AvgIpc) is 3.01. The first-order chi connectivity index (χ1) is 11.4. The molecule has 0 aliphatic heterocycles. The van der Waals surface area contributed by atoms with Gasteiger partial charge in [0.2, 0.25) is 0 Å². The van der Waals surface area contributed by atoms with Crippen molar-refractivity contribution in [2.45, 2.75) is 13.0 Å². The Morgan fingerprint density at radius 3 is 2.50 bits per heavy atom. The molecular formula is C16H16ClNO5S. The lowest BCUT2D eigenvalue weighted by molar-refractivity contribution is -0.123. The summed E-state index contributed by atoms with van der Waals surface area (Å²) in [5.41, 5.74) is 0.420. The second kappa shape index (κ2) is 8.03. The van der Waals surface area contributed by atoms with Crippen molar-refractivity contribution >= 4 is 40.5 Å². The number of methoxy groups -OCH3 is 2. The number of carbonyl (C=O) groups is 2. The standard InChI is InChI=1S/C16H16ClNO5S/c1-9(23-16(20)13-6-7-14(17)24-13)15(19)18-11-8-10(21-2)4-5-12(11)22-3/h4-9H,1-3H3,(H,18,19)/t9-/m1/s1. The molecule has 6 nitrogen and oxygen atoms in total. The fourth-order valence-corrected chi connectivity index (χ4v) is 2.77. The average molecular weight is 370 g/mol. The minimum atomic E-state index is -0.991. The minimum absolute atomic E-state index is 0.332. The van der Waals surface area contributed by atoms with Gasteiger partial charge in [-0.2, -0.15) is 0 Å². The van der Waals surface area contributed by atoms with Crippen LogP contribution in [0.15, 0.2) is 30.3 Å². The highest BCUT2D eigenvalue weighted by Crippen LogP contribution is 2.29. The molecule has 2 rings (SSSR count). The molecule has 1 N–H and O–H groups in total. The Balaban J connectivity index is 2.05. The fraction of sp³-hybridized carbons (Fsp3) is 0.250. The third kappa shape index (κ3) is 4.39. The second-order valence-corrected chi connectivity index (χ2v) is 6.42. The van der Waals surface area contributed by atoms with E-state index in [4.69, 9.17) is 25.8 Å². The highest BCUT2D eigenvalue weighted by Gasteiger charge is 2.21. The SMILES string of the molecule is COc1ccc(OC)c(NC(=O)[C@@H](C)OC(=O)c2ccc(Cl)s2)c1. The van der Waals surface area contributed by atoms with Crippen LogP contribution in [-0.2, 0) is 9.53 Å². The molecule has 0 aliphatic carbocycles. The lowest BCUT2D eigenvalue weighted by Crippen LogP contribution is -2.29. The van der Waals surface area contributed by atoms with Crippen molar-refractivity contribution in [1.29, 1.82) is 0 Å². The van der Waals surface area contributed by atoms with Crippen molar-refractivity contribution in [3.63, 3.8) is 0 Å². The first-order valence-electron chi connectivity index (χ1n) is 6.93. The number of hydrogen-bond donors (Lipinski definition) is 1. The van der Waals surface area contributed by atoms with Crippen LogP contribution >= 0.6 is 22.9 Å². The van der Waals surface area contributed by atoms with E-state index in [1.165, 1.54) is 21.1 Å². The van der Waals surface area contributed by atoms with Crippen molar-refractivity contribution in [3.05, 3.63) is 39.5 Å². The van der Waals surface area contributed by atoms with E-state index in [9.17, 15) is 9.59 Å². The summed E-state index contributed by atoms with van der Waals surface area (Å²) in [7, 11) is 3.01. The number of thiophene rings is 1. The van der Waals surface area contributed by atoms with Crippen LogP contribution in [0.2, 0.25) is 4.34 Å². The molecule has 0 fully saturated rings. The number of hydrogen-bond acceptors (Lipinski definition) is 6. The summed E-state index contributed by atoms with van der Waals surface area (Å²) in [6, 6.07) is 8.13. The molecule has 0 bridgehead atoms. The normalized spacial score (nSPS) is 11.5. The molecule has 0 aliphatic rings. The summed E-state index contributed by atoms with van der Waals surface area (Å²) < 4.78 is 15.9. The fourth-order valence-electron chi connectivity index (χ4n) is 1.84. The van der Waals surface area contributed by atoms with Crippen molar-refractivity contribution in [3.8, 4) is 11.5 Å². The zero-order valence-electron chi connectivity index (χ0n) is 13.3. The van der Waals surface area contributed by atoms with Crippen LogP contribution in [0.3, 0.4) is 0 Å². The number of esters is 1. The number of nitrogens with one attached hydrogen (secondary N) is 1. The number of carbonyl (C=O) groups excluding carboxylic acids is 2. The van der Waals surface area contributed by atoms with Crippen LogP contribution in [0.25, 0.3) is 0 Å². The van der Waals surface area contributed by atoms with E-state index in [-0.39, 0.29) is 0 Å². The molecule has 1 amide bonds. The number of ether oxygens (including phenoxy) is 3. The highest BCUT2D eigenvalue weighted by molar-refractivity contribution is 7.17. The minimum Gasteiger partial charge on any atom is -0.497 e. The van der Waals surface area contributed by atoms with E-state index in [1.54, 1.807) is 30.3 Å². The van der Waals surface area contributed by atoms with Crippen molar-refractivity contribution < 1.29 is 23.8 Å². The summed E-state index contributed by atoms with van der Waals surface area (Å²) in [4.78, 5) is 24.5. The van der Waals surface area contributed by atoms with E-state index >= 15 is 0 Å². The maximum Gasteiger partial charge on any atom is 0.349 e. The van der Waals surface area contributed by atoms with Gasteiger partial charge in [-0.15, -0.1) is 11.3 Å². The number of amides is 1. The monoisotopic (exact) mass is 369 g/mol. The smallest absolute Gasteiger partial charge is 0.349 e.